The second-order valence-electron chi connectivity index (χ2n) is 6.92. The van der Waals surface area contributed by atoms with Gasteiger partial charge in [-0.1, -0.05) is 66.7 Å². The molecule has 1 aliphatic rings. The molecule has 0 amide bonds. The molecule has 138 valence electrons. The summed E-state index contributed by atoms with van der Waals surface area (Å²) in [4.78, 5) is 2.45. The molecule has 3 heteroatoms. The first-order valence-corrected chi connectivity index (χ1v) is 9.68. The van der Waals surface area contributed by atoms with E-state index in [1.165, 1.54) is 22.4 Å². The number of rotatable bonds is 6. The Kier molecular flexibility index (Phi) is 5.70. The standard InChI is InChI=1S/C24H26N2O/c1-2-8-20(9-3-1)18-21-10-5-7-13-24(21)27-19-22-11-4-6-12-23(22)26-16-14-25-15-17-26/h1-13,25H,14-19H2. The average Bonchev–Trinajstić information content (AvgIpc) is 2.75. The zero-order valence-electron chi connectivity index (χ0n) is 15.6. The van der Waals surface area contributed by atoms with Crippen molar-refractivity contribution in [3.63, 3.8) is 0 Å². The van der Waals surface area contributed by atoms with Gasteiger partial charge < -0.3 is 15.0 Å². The Morgan fingerprint density at radius 1 is 0.741 bits per heavy atom. The number of para-hydroxylation sites is 2. The van der Waals surface area contributed by atoms with Crippen molar-refractivity contribution in [2.24, 2.45) is 0 Å². The molecule has 3 nitrogen and oxygen atoms in total. The van der Waals surface area contributed by atoms with E-state index in [0.29, 0.717) is 6.61 Å². The second kappa shape index (κ2) is 8.74. The van der Waals surface area contributed by atoms with Crippen LogP contribution >= 0.6 is 0 Å². The Labute approximate surface area is 161 Å². The molecule has 0 aromatic heterocycles. The molecule has 0 unspecified atom stereocenters. The summed E-state index contributed by atoms with van der Waals surface area (Å²) in [7, 11) is 0. The van der Waals surface area contributed by atoms with E-state index in [1.807, 2.05) is 6.07 Å². The van der Waals surface area contributed by atoms with Crippen LogP contribution in [0, 0.1) is 0 Å². The number of hydrogen-bond donors (Lipinski definition) is 1. The SMILES string of the molecule is c1ccc(Cc2ccccc2OCc2ccccc2N2CCNCC2)cc1. The van der Waals surface area contributed by atoms with E-state index in [0.717, 1.165) is 38.3 Å². The van der Waals surface area contributed by atoms with E-state index in [4.69, 9.17) is 4.74 Å². The van der Waals surface area contributed by atoms with Gasteiger partial charge in [-0.15, -0.1) is 0 Å². The molecule has 0 saturated carbocycles. The molecule has 0 atom stereocenters. The van der Waals surface area contributed by atoms with Crippen molar-refractivity contribution in [1.82, 2.24) is 5.32 Å². The summed E-state index contributed by atoms with van der Waals surface area (Å²) in [5.41, 5.74) is 5.06. The van der Waals surface area contributed by atoms with Crippen LogP contribution < -0.4 is 15.0 Å². The highest BCUT2D eigenvalue weighted by Crippen LogP contribution is 2.26. The van der Waals surface area contributed by atoms with E-state index in [9.17, 15) is 0 Å². The lowest BCUT2D eigenvalue weighted by atomic mass is 10.0. The van der Waals surface area contributed by atoms with Crippen LogP contribution in [0.3, 0.4) is 0 Å². The van der Waals surface area contributed by atoms with E-state index in [-0.39, 0.29) is 0 Å². The fourth-order valence-electron chi connectivity index (χ4n) is 3.61. The summed E-state index contributed by atoms with van der Waals surface area (Å²) < 4.78 is 6.28. The monoisotopic (exact) mass is 358 g/mol. The van der Waals surface area contributed by atoms with Gasteiger partial charge in [0, 0.05) is 43.9 Å². The number of ether oxygens (including phenoxy) is 1. The van der Waals surface area contributed by atoms with Crippen molar-refractivity contribution in [3.05, 3.63) is 95.6 Å². The number of anilines is 1. The Hall–Kier alpha value is -2.78. The summed E-state index contributed by atoms with van der Waals surface area (Å²) in [6.07, 6.45) is 0.885. The minimum Gasteiger partial charge on any atom is -0.489 e. The molecule has 1 fully saturated rings. The predicted molar refractivity (Wildman–Crippen MR) is 112 cm³/mol. The third kappa shape index (κ3) is 4.50. The largest absolute Gasteiger partial charge is 0.489 e. The fraction of sp³-hybridized carbons (Fsp3) is 0.250. The van der Waals surface area contributed by atoms with Gasteiger partial charge >= 0.3 is 0 Å². The average molecular weight is 358 g/mol. The smallest absolute Gasteiger partial charge is 0.123 e. The van der Waals surface area contributed by atoms with Gasteiger partial charge in [0.25, 0.3) is 0 Å². The molecule has 1 N–H and O–H groups in total. The number of piperazine rings is 1. The molecular formula is C24H26N2O. The van der Waals surface area contributed by atoms with Gasteiger partial charge in [-0.2, -0.15) is 0 Å². The quantitative estimate of drug-likeness (QED) is 0.712. The normalized spacial score (nSPS) is 14.1. The van der Waals surface area contributed by atoms with Gasteiger partial charge in [-0.3, -0.25) is 0 Å². The van der Waals surface area contributed by atoms with Crippen LogP contribution in [-0.4, -0.2) is 26.2 Å². The Bertz CT molecular complexity index is 857. The molecule has 0 spiro atoms. The number of hydrogen-bond acceptors (Lipinski definition) is 3. The maximum atomic E-state index is 6.28. The first-order chi connectivity index (χ1) is 13.4. The van der Waals surface area contributed by atoms with Crippen LogP contribution in [0.15, 0.2) is 78.9 Å². The van der Waals surface area contributed by atoms with Crippen molar-refractivity contribution >= 4 is 5.69 Å². The zero-order valence-corrected chi connectivity index (χ0v) is 15.6. The highest BCUT2D eigenvalue weighted by atomic mass is 16.5. The van der Waals surface area contributed by atoms with Crippen LogP contribution in [0.1, 0.15) is 16.7 Å². The van der Waals surface area contributed by atoms with Gasteiger partial charge in [-0.25, -0.2) is 0 Å². The molecule has 3 aromatic carbocycles. The molecular weight excluding hydrogens is 332 g/mol. The number of benzene rings is 3. The summed E-state index contributed by atoms with van der Waals surface area (Å²) >= 11 is 0. The molecule has 27 heavy (non-hydrogen) atoms. The van der Waals surface area contributed by atoms with Gasteiger partial charge in [-0.05, 0) is 23.3 Å². The molecule has 0 bridgehead atoms. The molecule has 1 heterocycles. The van der Waals surface area contributed by atoms with Gasteiger partial charge in [0.1, 0.15) is 12.4 Å². The van der Waals surface area contributed by atoms with Crippen LogP contribution in [0.2, 0.25) is 0 Å². The van der Waals surface area contributed by atoms with E-state index >= 15 is 0 Å². The lowest BCUT2D eigenvalue weighted by Gasteiger charge is -2.31. The summed E-state index contributed by atoms with van der Waals surface area (Å²) in [5.74, 6) is 0.969. The number of nitrogens with zero attached hydrogens (tertiary/aromatic N) is 1. The second-order valence-corrected chi connectivity index (χ2v) is 6.92. The Morgan fingerprint density at radius 2 is 1.41 bits per heavy atom. The maximum Gasteiger partial charge on any atom is 0.123 e. The van der Waals surface area contributed by atoms with Gasteiger partial charge in [0.15, 0.2) is 0 Å². The summed E-state index contributed by atoms with van der Waals surface area (Å²) in [5, 5.41) is 3.42. The molecule has 1 aliphatic heterocycles. The van der Waals surface area contributed by atoms with E-state index < -0.39 is 0 Å². The lowest BCUT2D eigenvalue weighted by Crippen LogP contribution is -2.43. The predicted octanol–water partition coefficient (Wildman–Crippen LogP) is 4.27. The van der Waals surface area contributed by atoms with Gasteiger partial charge in [0.2, 0.25) is 0 Å². The first-order valence-electron chi connectivity index (χ1n) is 9.68. The van der Waals surface area contributed by atoms with Crippen molar-refractivity contribution in [2.45, 2.75) is 13.0 Å². The first kappa shape index (κ1) is 17.6. The molecule has 0 radical (unpaired) electrons. The number of nitrogens with one attached hydrogen (secondary N) is 1. The minimum atomic E-state index is 0.589. The molecule has 0 aliphatic carbocycles. The Balaban J connectivity index is 1.50. The molecule has 4 rings (SSSR count). The van der Waals surface area contributed by atoms with Crippen molar-refractivity contribution in [3.8, 4) is 5.75 Å². The molecule has 3 aromatic rings. The highest BCUT2D eigenvalue weighted by Gasteiger charge is 2.14. The van der Waals surface area contributed by atoms with Gasteiger partial charge in [0.05, 0.1) is 0 Å². The molecule has 1 saturated heterocycles. The van der Waals surface area contributed by atoms with Crippen molar-refractivity contribution in [1.29, 1.82) is 0 Å². The van der Waals surface area contributed by atoms with Crippen molar-refractivity contribution < 1.29 is 4.74 Å². The van der Waals surface area contributed by atoms with Crippen LogP contribution in [-0.2, 0) is 13.0 Å². The summed E-state index contributed by atoms with van der Waals surface area (Å²) in [6, 6.07) is 27.5. The van der Waals surface area contributed by atoms with Crippen molar-refractivity contribution in [2.75, 3.05) is 31.1 Å². The van der Waals surface area contributed by atoms with E-state index in [2.05, 4.69) is 83.0 Å². The minimum absolute atomic E-state index is 0.589. The highest BCUT2D eigenvalue weighted by molar-refractivity contribution is 5.54. The van der Waals surface area contributed by atoms with Crippen LogP contribution in [0.25, 0.3) is 0 Å². The Morgan fingerprint density at radius 3 is 2.22 bits per heavy atom. The topological polar surface area (TPSA) is 24.5 Å². The van der Waals surface area contributed by atoms with Crippen LogP contribution in [0.4, 0.5) is 5.69 Å². The van der Waals surface area contributed by atoms with E-state index in [1.54, 1.807) is 0 Å². The maximum absolute atomic E-state index is 6.28. The lowest BCUT2D eigenvalue weighted by molar-refractivity contribution is 0.303. The third-order valence-corrected chi connectivity index (χ3v) is 5.04. The summed E-state index contributed by atoms with van der Waals surface area (Å²) in [6.45, 7) is 4.75. The van der Waals surface area contributed by atoms with Crippen LogP contribution in [0.5, 0.6) is 5.75 Å². The third-order valence-electron chi connectivity index (χ3n) is 5.04. The zero-order chi connectivity index (χ0) is 18.3. The fourth-order valence-corrected chi connectivity index (χ4v) is 3.61.